The molecular weight excluding hydrogens is 392 g/mol. The molecule has 1 fully saturated rings. The largest absolute Gasteiger partial charge is 0.369 e. The first-order valence-electron chi connectivity index (χ1n) is 11.2. The van der Waals surface area contributed by atoms with Crippen molar-refractivity contribution in [3.63, 3.8) is 0 Å². The van der Waals surface area contributed by atoms with Crippen LogP contribution in [-0.2, 0) is 12.8 Å². The molecule has 0 spiro atoms. The summed E-state index contributed by atoms with van der Waals surface area (Å²) in [7, 11) is 1.83. The average molecular weight is 429 g/mol. The molecule has 1 aliphatic rings. The van der Waals surface area contributed by atoms with Crippen LogP contribution < -0.4 is 15.5 Å². The highest BCUT2D eigenvalue weighted by Crippen LogP contribution is 2.15. The number of aryl methyl sites for hydroxylation is 1. The number of guanidine groups is 1. The van der Waals surface area contributed by atoms with Gasteiger partial charge in [0.25, 0.3) is 0 Å². The van der Waals surface area contributed by atoms with Crippen molar-refractivity contribution in [3.8, 4) is 0 Å². The van der Waals surface area contributed by atoms with Crippen LogP contribution >= 0.6 is 11.3 Å². The third kappa shape index (κ3) is 7.29. The van der Waals surface area contributed by atoms with E-state index in [4.69, 9.17) is 0 Å². The lowest BCUT2D eigenvalue weighted by Crippen LogP contribution is -2.46. The van der Waals surface area contributed by atoms with Gasteiger partial charge in [0.15, 0.2) is 5.96 Å². The maximum atomic E-state index is 4.47. The fourth-order valence-corrected chi connectivity index (χ4v) is 4.53. The molecule has 7 heteroatoms. The minimum Gasteiger partial charge on any atom is -0.369 e. The van der Waals surface area contributed by atoms with Gasteiger partial charge >= 0.3 is 0 Å². The molecule has 0 unspecified atom stereocenters. The summed E-state index contributed by atoms with van der Waals surface area (Å²) >= 11 is 1.81. The minimum atomic E-state index is 0.863. The Bertz CT molecular complexity index is 752. The molecule has 0 saturated carbocycles. The number of anilines is 1. The van der Waals surface area contributed by atoms with Gasteiger partial charge in [-0.2, -0.15) is 0 Å². The minimum absolute atomic E-state index is 0.863. The Morgan fingerprint density at radius 2 is 1.83 bits per heavy atom. The van der Waals surface area contributed by atoms with Crippen molar-refractivity contribution in [2.24, 2.45) is 4.99 Å². The number of nitrogens with one attached hydrogen (secondary N) is 2. The van der Waals surface area contributed by atoms with Crippen LogP contribution in [0.1, 0.15) is 29.7 Å². The molecule has 1 aliphatic heterocycles. The Hall–Kier alpha value is -2.12. The number of unbranched alkanes of at least 4 members (excludes halogenated alkanes) is 1. The number of rotatable bonds is 10. The van der Waals surface area contributed by atoms with Crippen molar-refractivity contribution in [3.05, 3.63) is 46.4 Å². The second-order valence-electron chi connectivity index (χ2n) is 7.62. The number of hydrogen-bond acceptors (Lipinski definition) is 5. The number of aliphatic imine (C=N–C) groups is 1. The van der Waals surface area contributed by atoms with Gasteiger partial charge in [0, 0.05) is 69.5 Å². The molecule has 0 aliphatic carbocycles. The normalized spacial score (nSPS) is 15.4. The Balaban J connectivity index is 1.23. The van der Waals surface area contributed by atoms with E-state index in [-0.39, 0.29) is 0 Å². The molecule has 0 atom stereocenters. The van der Waals surface area contributed by atoms with Gasteiger partial charge < -0.3 is 15.5 Å². The van der Waals surface area contributed by atoms with Crippen molar-refractivity contribution in [1.29, 1.82) is 0 Å². The second-order valence-corrected chi connectivity index (χ2v) is 8.82. The predicted octanol–water partition coefficient (Wildman–Crippen LogP) is 3.02. The Kier molecular flexibility index (Phi) is 9.44. The van der Waals surface area contributed by atoms with E-state index in [0.29, 0.717) is 0 Å². The topological polar surface area (TPSA) is 55.8 Å². The van der Waals surface area contributed by atoms with Crippen LogP contribution in [0.3, 0.4) is 0 Å². The number of piperazine rings is 1. The second kappa shape index (κ2) is 12.5. The van der Waals surface area contributed by atoms with Crippen molar-refractivity contribution in [1.82, 2.24) is 20.5 Å². The molecule has 1 aromatic carbocycles. The van der Waals surface area contributed by atoms with E-state index in [1.807, 2.05) is 24.6 Å². The first kappa shape index (κ1) is 22.6. The summed E-state index contributed by atoms with van der Waals surface area (Å²) in [5.74, 6) is 0.888. The molecule has 0 bridgehead atoms. The molecule has 0 amide bonds. The summed E-state index contributed by atoms with van der Waals surface area (Å²) in [6.07, 6.45) is 6.38. The standard InChI is InChI=1S/C23H36N6S/c1-3-21-19-27-22(30-21)11-13-26-23(24-2)25-12-7-8-14-28-15-17-29(18-16-28)20-9-5-4-6-10-20/h4-6,9-10,19H,3,7-8,11-18H2,1-2H3,(H2,24,25,26). The predicted molar refractivity (Wildman–Crippen MR) is 129 cm³/mol. The monoisotopic (exact) mass is 428 g/mol. The molecule has 1 saturated heterocycles. The van der Waals surface area contributed by atoms with Crippen LogP contribution in [0.2, 0.25) is 0 Å². The van der Waals surface area contributed by atoms with Gasteiger partial charge in [-0.15, -0.1) is 11.3 Å². The number of aromatic nitrogens is 1. The maximum Gasteiger partial charge on any atom is 0.190 e. The smallest absolute Gasteiger partial charge is 0.190 e. The third-order valence-electron chi connectivity index (χ3n) is 5.49. The lowest BCUT2D eigenvalue weighted by Gasteiger charge is -2.36. The van der Waals surface area contributed by atoms with E-state index < -0.39 is 0 Å². The summed E-state index contributed by atoms with van der Waals surface area (Å²) in [5, 5.41) is 8.03. The zero-order valence-electron chi connectivity index (χ0n) is 18.4. The van der Waals surface area contributed by atoms with Crippen LogP contribution in [0.25, 0.3) is 0 Å². The highest BCUT2D eigenvalue weighted by Gasteiger charge is 2.16. The average Bonchev–Trinajstić information content (AvgIpc) is 3.26. The van der Waals surface area contributed by atoms with E-state index in [9.17, 15) is 0 Å². The number of para-hydroxylation sites is 1. The fourth-order valence-electron chi connectivity index (χ4n) is 3.67. The van der Waals surface area contributed by atoms with Crippen molar-refractivity contribution >= 4 is 23.0 Å². The lowest BCUT2D eigenvalue weighted by atomic mass is 10.2. The van der Waals surface area contributed by atoms with Crippen molar-refractivity contribution < 1.29 is 0 Å². The van der Waals surface area contributed by atoms with Crippen molar-refractivity contribution in [2.75, 3.05) is 57.8 Å². The van der Waals surface area contributed by atoms with E-state index in [2.05, 4.69) is 67.7 Å². The summed E-state index contributed by atoms with van der Waals surface area (Å²) < 4.78 is 0. The molecule has 2 aromatic rings. The maximum absolute atomic E-state index is 4.47. The van der Waals surface area contributed by atoms with Crippen LogP contribution in [0.15, 0.2) is 41.5 Å². The quantitative estimate of drug-likeness (QED) is 0.346. The first-order chi connectivity index (χ1) is 14.8. The van der Waals surface area contributed by atoms with Gasteiger partial charge in [0.1, 0.15) is 0 Å². The molecule has 1 aromatic heterocycles. The first-order valence-corrected chi connectivity index (χ1v) is 12.0. The summed E-state index contributed by atoms with van der Waals surface area (Å²) in [6.45, 7) is 9.73. The van der Waals surface area contributed by atoms with E-state index in [1.54, 1.807) is 0 Å². The molecule has 6 nitrogen and oxygen atoms in total. The van der Waals surface area contributed by atoms with Gasteiger partial charge in [-0.1, -0.05) is 25.1 Å². The third-order valence-corrected chi connectivity index (χ3v) is 6.69. The van der Waals surface area contributed by atoms with Gasteiger partial charge in [-0.05, 0) is 37.9 Å². The highest BCUT2D eigenvalue weighted by atomic mass is 32.1. The zero-order chi connectivity index (χ0) is 21.0. The fraction of sp³-hybridized carbons (Fsp3) is 0.565. The lowest BCUT2D eigenvalue weighted by molar-refractivity contribution is 0.253. The number of hydrogen-bond donors (Lipinski definition) is 2. The van der Waals surface area contributed by atoms with Crippen molar-refractivity contribution in [2.45, 2.75) is 32.6 Å². The number of benzene rings is 1. The van der Waals surface area contributed by atoms with E-state index in [1.165, 1.54) is 28.5 Å². The number of thiazole rings is 1. The molecule has 164 valence electrons. The molecule has 2 N–H and O–H groups in total. The molecular formula is C23H36N6S. The van der Waals surface area contributed by atoms with Crippen LogP contribution in [0, 0.1) is 0 Å². The zero-order valence-corrected chi connectivity index (χ0v) is 19.3. The van der Waals surface area contributed by atoms with Crippen LogP contribution in [0.4, 0.5) is 5.69 Å². The molecule has 30 heavy (non-hydrogen) atoms. The van der Waals surface area contributed by atoms with Gasteiger partial charge in [0.05, 0.1) is 5.01 Å². The van der Waals surface area contributed by atoms with Crippen LogP contribution in [0.5, 0.6) is 0 Å². The Labute approximate surface area is 185 Å². The van der Waals surface area contributed by atoms with Gasteiger partial charge in [-0.25, -0.2) is 4.98 Å². The van der Waals surface area contributed by atoms with Gasteiger partial charge in [-0.3, -0.25) is 9.89 Å². The summed E-state index contributed by atoms with van der Waals surface area (Å²) in [6, 6.07) is 10.8. The molecule has 2 heterocycles. The SMILES string of the molecule is CCc1cnc(CCNC(=NC)NCCCCN2CCN(c3ccccc3)CC2)s1. The molecule has 0 radical (unpaired) electrons. The highest BCUT2D eigenvalue weighted by molar-refractivity contribution is 7.11. The van der Waals surface area contributed by atoms with Gasteiger partial charge in [0.2, 0.25) is 0 Å². The molecule has 3 rings (SSSR count). The van der Waals surface area contributed by atoms with E-state index >= 15 is 0 Å². The summed E-state index contributed by atoms with van der Waals surface area (Å²) in [4.78, 5) is 15.2. The Morgan fingerprint density at radius 3 is 2.53 bits per heavy atom. The Morgan fingerprint density at radius 1 is 1.07 bits per heavy atom. The summed E-state index contributed by atoms with van der Waals surface area (Å²) in [5.41, 5.74) is 1.35. The number of nitrogens with zero attached hydrogens (tertiary/aromatic N) is 4. The van der Waals surface area contributed by atoms with E-state index in [0.717, 1.165) is 64.5 Å². The van der Waals surface area contributed by atoms with Crippen LogP contribution in [-0.4, -0.2) is 68.7 Å².